The highest BCUT2D eigenvalue weighted by Crippen LogP contribution is 2.36. The smallest absolute Gasteiger partial charge is 0.118 e. The van der Waals surface area contributed by atoms with Gasteiger partial charge in [-0.1, -0.05) is 60.7 Å². The number of hydrogen-bond donors (Lipinski definition) is 0. The van der Waals surface area contributed by atoms with E-state index in [1.165, 1.54) is 0 Å². The Labute approximate surface area is 162 Å². The number of ether oxygens (including phenoxy) is 1. The number of carboxylic acid groups (broad SMARTS) is 1. The van der Waals surface area contributed by atoms with E-state index in [2.05, 4.69) is 0 Å². The van der Waals surface area contributed by atoms with Gasteiger partial charge in [0.25, 0.3) is 0 Å². The molecule has 0 spiro atoms. The highest BCUT2D eigenvalue weighted by atomic mass is 16.5. The number of carboxylic acids is 1. The summed E-state index contributed by atoms with van der Waals surface area (Å²) in [6.45, 7) is 0. The molecule has 1 aromatic heterocycles. The summed E-state index contributed by atoms with van der Waals surface area (Å²) in [7, 11) is 1.60. The fourth-order valence-corrected chi connectivity index (χ4v) is 3.39. The van der Waals surface area contributed by atoms with E-state index in [0.29, 0.717) is 11.3 Å². The van der Waals surface area contributed by atoms with Gasteiger partial charge >= 0.3 is 0 Å². The molecule has 138 valence electrons. The number of aromatic carboxylic acids is 1. The maximum Gasteiger partial charge on any atom is 0.118 e. The zero-order valence-electron chi connectivity index (χ0n) is 15.3. The predicted molar refractivity (Wildman–Crippen MR) is 110 cm³/mol. The van der Waals surface area contributed by atoms with Crippen molar-refractivity contribution in [1.82, 2.24) is 4.57 Å². The molecule has 0 aliphatic carbocycles. The van der Waals surface area contributed by atoms with Gasteiger partial charge < -0.3 is 19.2 Å². The van der Waals surface area contributed by atoms with Gasteiger partial charge in [-0.25, -0.2) is 0 Å². The van der Waals surface area contributed by atoms with Crippen LogP contribution >= 0.6 is 0 Å². The Morgan fingerprint density at radius 3 is 2.29 bits per heavy atom. The maximum absolute atomic E-state index is 12.1. The van der Waals surface area contributed by atoms with Crippen molar-refractivity contribution in [2.45, 2.75) is 0 Å². The first kappa shape index (κ1) is 17.6. The van der Waals surface area contributed by atoms with Crippen LogP contribution in [0.4, 0.5) is 0 Å². The van der Waals surface area contributed by atoms with E-state index in [1.807, 2.05) is 84.9 Å². The van der Waals surface area contributed by atoms with Gasteiger partial charge in [0.2, 0.25) is 0 Å². The first-order chi connectivity index (χ1) is 13.7. The Morgan fingerprint density at radius 2 is 1.61 bits per heavy atom. The fraction of sp³-hybridized carbons (Fsp3) is 0.0417. The largest absolute Gasteiger partial charge is 0.543 e. The fourth-order valence-electron chi connectivity index (χ4n) is 3.39. The van der Waals surface area contributed by atoms with Crippen LogP contribution in [0.15, 0.2) is 78.9 Å². The minimum atomic E-state index is -1.22. The number of aromatic nitrogens is 1. The lowest BCUT2D eigenvalue weighted by molar-refractivity contribution is -0.255. The predicted octanol–water partition coefficient (Wildman–Crippen LogP) is 4.31. The van der Waals surface area contributed by atoms with Crippen molar-refractivity contribution in [3.8, 4) is 16.9 Å². The zero-order valence-corrected chi connectivity index (χ0v) is 15.3. The molecule has 0 aliphatic heterocycles. The van der Waals surface area contributed by atoms with Crippen LogP contribution in [0.25, 0.3) is 34.3 Å². The van der Waals surface area contributed by atoms with Crippen molar-refractivity contribution in [3.63, 3.8) is 0 Å². The van der Waals surface area contributed by atoms with Crippen LogP contribution in [0.3, 0.4) is 0 Å². The summed E-state index contributed by atoms with van der Waals surface area (Å²) in [6, 6.07) is 24.7. The van der Waals surface area contributed by atoms with Crippen molar-refractivity contribution >= 4 is 29.1 Å². The molecule has 0 saturated heterocycles. The van der Waals surface area contributed by atoms with Crippen molar-refractivity contribution < 1.29 is 14.6 Å². The van der Waals surface area contributed by atoms with Crippen LogP contribution in [0.2, 0.25) is 0 Å². The lowest BCUT2D eigenvalue weighted by Crippen LogP contribution is -2.25. The summed E-state index contributed by atoms with van der Waals surface area (Å²) < 4.78 is 6.90. The third-order valence-electron chi connectivity index (χ3n) is 4.70. The molecular weight excluding hydrogens is 350 g/mol. The van der Waals surface area contributed by atoms with E-state index < -0.39 is 5.97 Å². The monoisotopic (exact) mass is 368 g/mol. The van der Waals surface area contributed by atoms with Crippen LogP contribution in [-0.2, 0) is 0 Å². The average molecular weight is 368 g/mol. The average Bonchev–Trinajstić information content (AvgIpc) is 3.08. The first-order valence-corrected chi connectivity index (χ1v) is 8.91. The highest BCUT2D eigenvalue weighted by Gasteiger charge is 2.18. The molecule has 4 rings (SSSR count). The molecule has 0 saturated carbocycles. The van der Waals surface area contributed by atoms with Crippen LogP contribution in [0.1, 0.15) is 16.1 Å². The Hall–Kier alpha value is -3.79. The Balaban J connectivity index is 1.96. The van der Waals surface area contributed by atoms with E-state index in [9.17, 15) is 9.90 Å². The highest BCUT2D eigenvalue weighted by molar-refractivity contribution is 6.09. The minimum Gasteiger partial charge on any atom is -0.543 e. The molecule has 0 aliphatic rings. The SMILES string of the molecule is COc1ccc(-c2c(C(=O)[O-])n(/C=C/c3ccccc3)c3ccccc23)cc1. The molecule has 1 heterocycles. The first-order valence-electron chi connectivity index (χ1n) is 8.91. The number of fused-ring (bicyclic) bond motifs is 1. The Kier molecular flexibility index (Phi) is 4.68. The van der Waals surface area contributed by atoms with Crippen molar-refractivity contribution in [1.29, 1.82) is 0 Å². The van der Waals surface area contributed by atoms with Gasteiger partial charge in [-0.2, -0.15) is 0 Å². The molecule has 0 radical (unpaired) electrons. The van der Waals surface area contributed by atoms with Gasteiger partial charge in [-0.15, -0.1) is 0 Å². The van der Waals surface area contributed by atoms with E-state index in [1.54, 1.807) is 17.9 Å². The van der Waals surface area contributed by atoms with Gasteiger partial charge in [0, 0.05) is 17.1 Å². The third kappa shape index (κ3) is 3.16. The summed E-state index contributed by atoms with van der Waals surface area (Å²) in [5.74, 6) is -0.508. The molecule has 0 bridgehead atoms. The Bertz CT molecular complexity index is 1160. The topological polar surface area (TPSA) is 54.3 Å². The second kappa shape index (κ2) is 7.45. The standard InChI is InChI=1S/C24H19NO3/c1-28-19-13-11-18(12-14-19)22-20-9-5-6-10-21(20)25(23(22)24(26)27)16-15-17-7-3-2-4-8-17/h2-16H,1H3,(H,26,27)/p-1/b16-15+. The molecule has 0 atom stereocenters. The van der Waals surface area contributed by atoms with E-state index in [-0.39, 0.29) is 5.69 Å². The number of para-hydroxylation sites is 1. The molecule has 3 aromatic carbocycles. The van der Waals surface area contributed by atoms with E-state index in [0.717, 1.165) is 22.0 Å². The van der Waals surface area contributed by atoms with E-state index in [4.69, 9.17) is 4.74 Å². The van der Waals surface area contributed by atoms with Crippen LogP contribution in [-0.4, -0.2) is 17.6 Å². The van der Waals surface area contributed by atoms with Gasteiger partial charge in [0.1, 0.15) is 5.75 Å². The van der Waals surface area contributed by atoms with Crippen LogP contribution in [0.5, 0.6) is 5.75 Å². The third-order valence-corrected chi connectivity index (χ3v) is 4.70. The number of hydrogen-bond acceptors (Lipinski definition) is 3. The van der Waals surface area contributed by atoms with Crippen molar-refractivity contribution in [2.75, 3.05) is 7.11 Å². The van der Waals surface area contributed by atoms with Crippen molar-refractivity contribution in [2.24, 2.45) is 0 Å². The quantitative estimate of drug-likeness (QED) is 0.527. The summed E-state index contributed by atoms with van der Waals surface area (Å²) in [5, 5.41) is 13.0. The van der Waals surface area contributed by atoms with Crippen LogP contribution < -0.4 is 9.84 Å². The number of methoxy groups -OCH3 is 1. The molecule has 0 N–H and O–H groups in total. The summed E-state index contributed by atoms with van der Waals surface area (Å²) >= 11 is 0. The molecule has 4 aromatic rings. The van der Waals surface area contributed by atoms with E-state index >= 15 is 0 Å². The van der Waals surface area contributed by atoms with Gasteiger partial charge in [0.05, 0.1) is 24.3 Å². The molecule has 0 amide bonds. The zero-order chi connectivity index (χ0) is 19.5. The molecule has 28 heavy (non-hydrogen) atoms. The van der Waals surface area contributed by atoms with Crippen LogP contribution in [0, 0.1) is 0 Å². The molecular formula is C24H18NO3-. The summed E-state index contributed by atoms with van der Waals surface area (Å²) in [6.07, 6.45) is 3.66. The lowest BCUT2D eigenvalue weighted by atomic mass is 10.0. The number of carbonyl (C=O) groups excluding carboxylic acids is 1. The Morgan fingerprint density at radius 1 is 0.929 bits per heavy atom. The second-order valence-electron chi connectivity index (χ2n) is 6.35. The molecule has 0 fully saturated rings. The van der Waals surface area contributed by atoms with Crippen molar-refractivity contribution in [3.05, 3.63) is 90.1 Å². The molecule has 0 unspecified atom stereocenters. The number of rotatable bonds is 5. The van der Waals surface area contributed by atoms with Gasteiger partial charge in [-0.3, -0.25) is 0 Å². The van der Waals surface area contributed by atoms with Gasteiger partial charge in [-0.05, 0) is 35.4 Å². The normalized spacial score (nSPS) is 11.2. The maximum atomic E-state index is 12.1. The number of benzene rings is 3. The summed E-state index contributed by atoms with van der Waals surface area (Å²) in [5.41, 5.74) is 3.34. The number of carbonyl (C=O) groups is 1. The molecule has 4 nitrogen and oxygen atoms in total. The second-order valence-corrected chi connectivity index (χ2v) is 6.35. The minimum absolute atomic E-state index is 0.124. The number of nitrogens with zero attached hydrogens (tertiary/aromatic N) is 1. The molecule has 4 heteroatoms. The van der Waals surface area contributed by atoms with Gasteiger partial charge in [0.15, 0.2) is 0 Å². The summed E-state index contributed by atoms with van der Waals surface area (Å²) in [4.78, 5) is 12.1. The lowest BCUT2D eigenvalue weighted by Gasteiger charge is -2.10.